The lowest BCUT2D eigenvalue weighted by atomic mass is 10.1. The first kappa shape index (κ1) is 9.71. The van der Waals surface area contributed by atoms with E-state index in [0.29, 0.717) is 6.42 Å². The van der Waals surface area contributed by atoms with E-state index in [1.165, 1.54) is 5.56 Å². The molecule has 0 spiro atoms. The van der Waals surface area contributed by atoms with Crippen LogP contribution >= 0.6 is 0 Å². The zero-order chi connectivity index (χ0) is 9.68. The molecular weight excluding hydrogens is 164 g/mol. The Hall–Kier alpha value is -1.38. The van der Waals surface area contributed by atoms with E-state index in [1.807, 2.05) is 19.1 Å². The largest absolute Gasteiger partial charge is 0.370 e. The van der Waals surface area contributed by atoms with Crippen molar-refractivity contribution in [3.63, 3.8) is 0 Å². The van der Waals surface area contributed by atoms with Crippen LogP contribution in [0.5, 0.6) is 0 Å². The molecule has 1 heterocycles. The molecule has 0 aliphatic rings. The van der Waals surface area contributed by atoms with E-state index < -0.39 is 0 Å². The molecule has 3 nitrogen and oxygen atoms in total. The van der Waals surface area contributed by atoms with Gasteiger partial charge in [0.2, 0.25) is 5.91 Å². The Morgan fingerprint density at radius 3 is 3.00 bits per heavy atom. The smallest absolute Gasteiger partial charge is 0.217 e. The van der Waals surface area contributed by atoms with Crippen molar-refractivity contribution >= 4 is 5.91 Å². The summed E-state index contributed by atoms with van der Waals surface area (Å²) < 4.78 is 0. The van der Waals surface area contributed by atoms with Crippen molar-refractivity contribution in [1.82, 2.24) is 4.98 Å². The molecule has 0 atom stereocenters. The number of pyridine rings is 1. The predicted molar refractivity (Wildman–Crippen MR) is 51.1 cm³/mol. The third-order valence-corrected chi connectivity index (χ3v) is 1.95. The van der Waals surface area contributed by atoms with Crippen LogP contribution in [0, 0.1) is 6.92 Å². The maximum absolute atomic E-state index is 10.5. The third-order valence-electron chi connectivity index (χ3n) is 1.95. The van der Waals surface area contributed by atoms with Crippen molar-refractivity contribution in [1.29, 1.82) is 0 Å². The van der Waals surface area contributed by atoms with Crippen molar-refractivity contribution in [2.75, 3.05) is 0 Å². The molecule has 70 valence electrons. The average molecular weight is 178 g/mol. The Morgan fingerprint density at radius 2 is 2.38 bits per heavy atom. The van der Waals surface area contributed by atoms with Gasteiger partial charge < -0.3 is 5.73 Å². The molecule has 1 aromatic heterocycles. The predicted octanol–water partition coefficient (Wildman–Crippen LogP) is 1.20. The van der Waals surface area contributed by atoms with Crippen molar-refractivity contribution in [3.8, 4) is 0 Å². The number of nitrogens with two attached hydrogens (primary N) is 1. The minimum atomic E-state index is -0.242. The van der Waals surface area contributed by atoms with E-state index in [9.17, 15) is 4.79 Å². The summed E-state index contributed by atoms with van der Waals surface area (Å²) in [5, 5.41) is 0. The number of hydrogen-bond donors (Lipinski definition) is 1. The van der Waals surface area contributed by atoms with Crippen LogP contribution in [0.4, 0.5) is 0 Å². The van der Waals surface area contributed by atoms with Gasteiger partial charge in [-0.05, 0) is 31.4 Å². The zero-order valence-corrected chi connectivity index (χ0v) is 7.79. The van der Waals surface area contributed by atoms with E-state index >= 15 is 0 Å². The Bertz CT molecular complexity index is 297. The van der Waals surface area contributed by atoms with Crippen molar-refractivity contribution < 1.29 is 4.79 Å². The van der Waals surface area contributed by atoms with Crippen LogP contribution in [0.2, 0.25) is 0 Å². The molecule has 0 aromatic carbocycles. The van der Waals surface area contributed by atoms with Gasteiger partial charge in [-0.2, -0.15) is 0 Å². The lowest BCUT2D eigenvalue weighted by Gasteiger charge is -2.02. The van der Waals surface area contributed by atoms with E-state index in [-0.39, 0.29) is 5.91 Å². The minimum absolute atomic E-state index is 0.242. The summed E-state index contributed by atoms with van der Waals surface area (Å²) in [7, 11) is 0. The first-order valence-corrected chi connectivity index (χ1v) is 4.39. The molecule has 0 bridgehead atoms. The van der Waals surface area contributed by atoms with Gasteiger partial charge in [0, 0.05) is 18.3 Å². The molecule has 0 radical (unpaired) electrons. The van der Waals surface area contributed by atoms with Gasteiger partial charge in [-0.15, -0.1) is 0 Å². The number of carbonyl (C=O) groups excluding carboxylic acids is 1. The van der Waals surface area contributed by atoms with Crippen LogP contribution in [-0.2, 0) is 11.2 Å². The molecule has 0 unspecified atom stereocenters. The number of nitrogens with zero attached hydrogens (tertiary/aromatic N) is 1. The number of aryl methyl sites for hydroxylation is 2. The van der Waals surface area contributed by atoms with E-state index in [1.54, 1.807) is 6.20 Å². The normalized spacial score (nSPS) is 9.92. The van der Waals surface area contributed by atoms with Gasteiger partial charge in [0.05, 0.1) is 0 Å². The molecule has 1 rings (SSSR count). The molecule has 13 heavy (non-hydrogen) atoms. The molecule has 1 aromatic rings. The monoisotopic (exact) mass is 178 g/mol. The van der Waals surface area contributed by atoms with E-state index in [0.717, 1.165) is 18.5 Å². The van der Waals surface area contributed by atoms with Gasteiger partial charge in [0.15, 0.2) is 0 Å². The highest BCUT2D eigenvalue weighted by Gasteiger charge is 1.99. The molecular formula is C10H14N2O. The number of hydrogen-bond acceptors (Lipinski definition) is 2. The molecule has 0 aliphatic carbocycles. The molecule has 1 amide bonds. The highest BCUT2D eigenvalue weighted by atomic mass is 16.1. The van der Waals surface area contributed by atoms with Crippen molar-refractivity contribution in [3.05, 3.63) is 29.6 Å². The molecule has 0 saturated carbocycles. The van der Waals surface area contributed by atoms with Gasteiger partial charge >= 0.3 is 0 Å². The van der Waals surface area contributed by atoms with Crippen LogP contribution in [0.25, 0.3) is 0 Å². The molecule has 0 fully saturated rings. The Balaban J connectivity index is 2.45. The van der Waals surface area contributed by atoms with Crippen molar-refractivity contribution in [2.45, 2.75) is 26.2 Å². The first-order valence-electron chi connectivity index (χ1n) is 4.39. The Morgan fingerprint density at radius 1 is 1.62 bits per heavy atom. The lowest BCUT2D eigenvalue weighted by molar-refractivity contribution is -0.118. The second kappa shape index (κ2) is 4.60. The summed E-state index contributed by atoms with van der Waals surface area (Å²) in [6, 6.07) is 3.93. The molecule has 0 saturated heterocycles. The van der Waals surface area contributed by atoms with Gasteiger partial charge in [-0.25, -0.2) is 0 Å². The average Bonchev–Trinajstić information content (AvgIpc) is 2.08. The van der Waals surface area contributed by atoms with Crippen LogP contribution in [0.1, 0.15) is 24.1 Å². The highest BCUT2D eigenvalue weighted by Crippen LogP contribution is 2.06. The van der Waals surface area contributed by atoms with Crippen LogP contribution in [0.15, 0.2) is 18.3 Å². The molecule has 0 aliphatic heterocycles. The Labute approximate surface area is 78.0 Å². The van der Waals surface area contributed by atoms with Gasteiger partial charge in [0.25, 0.3) is 0 Å². The summed E-state index contributed by atoms with van der Waals surface area (Å²) >= 11 is 0. The summed E-state index contributed by atoms with van der Waals surface area (Å²) in [6.07, 6.45) is 3.82. The SMILES string of the molecule is Cc1cccnc1CCCC(N)=O. The topological polar surface area (TPSA) is 56.0 Å². The Kier molecular flexibility index (Phi) is 3.43. The third kappa shape index (κ3) is 3.23. The van der Waals surface area contributed by atoms with Gasteiger partial charge in [0.1, 0.15) is 0 Å². The number of carbonyl (C=O) groups is 1. The maximum atomic E-state index is 10.5. The van der Waals surface area contributed by atoms with E-state index in [2.05, 4.69) is 4.98 Å². The van der Waals surface area contributed by atoms with Crippen molar-refractivity contribution in [2.24, 2.45) is 5.73 Å². The standard InChI is InChI=1S/C10H14N2O/c1-8-4-3-7-12-9(8)5-2-6-10(11)13/h3-4,7H,2,5-6H2,1H3,(H2,11,13). The maximum Gasteiger partial charge on any atom is 0.217 e. The quantitative estimate of drug-likeness (QED) is 0.753. The summed E-state index contributed by atoms with van der Waals surface area (Å²) in [5.41, 5.74) is 7.27. The van der Waals surface area contributed by atoms with Crippen LogP contribution < -0.4 is 5.73 Å². The molecule has 3 heteroatoms. The fourth-order valence-electron chi connectivity index (χ4n) is 1.21. The summed E-state index contributed by atoms with van der Waals surface area (Å²) in [5.74, 6) is -0.242. The lowest BCUT2D eigenvalue weighted by Crippen LogP contribution is -2.10. The zero-order valence-electron chi connectivity index (χ0n) is 7.79. The van der Waals surface area contributed by atoms with Gasteiger partial charge in [-0.1, -0.05) is 6.07 Å². The van der Waals surface area contributed by atoms with E-state index in [4.69, 9.17) is 5.73 Å². The minimum Gasteiger partial charge on any atom is -0.370 e. The fourth-order valence-corrected chi connectivity index (χ4v) is 1.21. The first-order chi connectivity index (χ1) is 6.20. The second-order valence-corrected chi connectivity index (χ2v) is 3.09. The number of aromatic nitrogens is 1. The summed E-state index contributed by atoms with van der Waals surface area (Å²) in [4.78, 5) is 14.7. The second-order valence-electron chi connectivity index (χ2n) is 3.09. The number of rotatable bonds is 4. The summed E-state index contributed by atoms with van der Waals surface area (Å²) in [6.45, 7) is 2.02. The van der Waals surface area contributed by atoms with Crippen LogP contribution in [0.3, 0.4) is 0 Å². The van der Waals surface area contributed by atoms with Gasteiger partial charge in [-0.3, -0.25) is 9.78 Å². The fraction of sp³-hybridized carbons (Fsp3) is 0.400. The molecule has 2 N–H and O–H groups in total. The highest BCUT2D eigenvalue weighted by molar-refractivity contribution is 5.73. The van der Waals surface area contributed by atoms with Crippen LogP contribution in [-0.4, -0.2) is 10.9 Å². The number of primary amides is 1. The number of amides is 1.